The zero-order valence-corrected chi connectivity index (χ0v) is 14.9. The molecule has 1 heterocycles. The maximum Gasteiger partial charge on any atom is 0.313 e. The first-order chi connectivity index (χ1) is 11.9. The molecule has 25 heavy (non-hydrogen) atoms. The first-order valence-electron chi connectivity index (χ1n) is 7.92. The number of benzene rings is 2. The van der Waals surface area contributed by atoms with Gasteiger partial charge in [-0.15, -0.1) is 0 Å². The Bertz CT molecular complexity index is 897. The van der Waals surface area contributed by atoms with Gasteiger partial charge in [-0.05, 0) is 42.8 Å². The van der Waals surface area contributed by atoms with Gasteiger partial charge in [-0.25, -0.2) is 0 Å². The number of halogens is 1. The van der Waals surface area contributed by atoms with Crippen LogP contribution in [0.1, 0.15) is 35.3 Å². The SMILES string of the molecule is Cc1c(OC(=O)C(C)C)ccc2c1O/C(=C\c1cccc(Cl)c1)C2=O. The van der Waals surface area contributed by atoms with Crippen LogP contribution in [0.4, 0.5) is 0 Å². The number of rotatable bonds is 3. The quantitative estimate of drug-likeness (QED) is 0.449. The van der Waals surface area contributed by atoms with Gasteiger partial charge in [-0.2, -0.15) is 0 Å². The van der Waals surface area contributed by atoms with Gasteiger partial charge in [-0.1, -0.05) is 37.6 Å². The van der Waals surface area contributed by atoms with Crippen LogP contribution in [-0.2, 0) is 4.79 Å². The molecule has 0 saturated carbocycles. The van der Waals surface area contributed by atoms with Gasteiger partial charge in [0.05, 0.1) is 11.5 Å². The average molecular weight is 357 g/mol. The highest BCUT2D eigenvalue weighted by atomic mass is 35.5. The Kier molecular flexibility index (Phi) is 4.64. The van der Waals surface area contributed by atoms with Gasteiger partial charge in [0.1, 0.15) is 11.5 Å². The molecule has 5 heteroatoms. The van der Waals surface area contributed by atoms with E-state index in [0.717, 1.165) is 5.56 Å². The summed E-state index contributed by atoms with van der Waals surface area (Å²) in [5.41, 5.74) is 1.84. The summed E-state index contributed by atoms with van der Waals surface area (Å²) in [6.45, 7) is 5.28. The third kappa shape index (κ3) is 3.44. The van der Waals surface area contributed by atoms with Crippen LogP contribution in [0.2, 0.25) is 5.02 Å². The molecule has 4 nitrogen and oxygen atoms in total. The highest BCUT2D eigenvalue weighted by molar-refractivity contribution is 6.30. The minimum atomic E-state index is -0.331. The summed E-state index contributed by atoms with van der Waals surface area (Å²) in [5, 5.41) is 0.580. The molecule has 2 aromatic carbocycles. The molecule has 0 spiro atoms. The van der Waals surface area contributed by atoms with E-state index in [1.807, 2.05) is 6.07 Å². The number of hydrogen-bond donors (Lipinski definition) is 0. The van der Waals surface area contributed by atoms with E-state index in [-0.39, 0.29) is 23.4 Å². The van der Waals surface area contributed by atoms with E-state index in [1.165, 1.54) is 0 Å². The van der Waals surface area contributed by atoms with Crippen molar-refractivity contribution in [3.8, 4) is 11.5 Å². The molecule has 128 valence electrons. The number of carbonyl (C=O) groups is 2. The highest BCUT2D eigenvalue weighted by Crippen LogP contribution is 2.39. The molecule has 0 saturated heterocycles. The van der Waals surface area contributed by atoms with Crippen LogP contribution in [-0.4, -0.2) is 11.8 Å². The topological polar surface area (TPSA) is 52.6 Å². The van der Waals surface area contributed by atoms with Crippen LogP contribution in [0, 0.1) is 12.8 Å². The maximum atomic E-state index is 12.5. The minimum absolute atomic E-state index is 0.209. The molecule has 0 unspecified atom stereocenters. The number of ketones is 1. The molecular formula is C20H17ClO4. The van der Waals surface area contributed by atoms with Crippen molar-refractivity contribution in [2.75, 3.05) is 0 Å². The van der Waals surface area contributed by atoms with Gasteiger partial charge in [0.15, 0.2) is 5.76 Å². The van der Waals surface area contributed by atoms with Crippen LogP contribution < -0.4 is 9.47 Å². The first-order valence-corrected chi connectivity index (χ1v) is 8.29. The van der Waals surface area contributed by atoms with E-state index in [9.17, 15) is 9.59 Å². The number of carbonyl (C=O) groups excluding carboxylic acids is 2. The average Bonchev–Trinajstić information content (AvgIpc) is 2.87. The Labute approximate surface area is 151 Å². The molecule has 0 aromatic heterocycles. The third-order valence-electron chi connectivity index (χ3n) is 3.87. The van der Waals surface area contributed by atoms with Crippen molar-refractivity contribution < 1.29 is 19.1 Å². The van der Waals surface area contributed by atoms with Gasteiger partial charge in [0, 0.05) is 10.6 Å². The van der Waals surface area contributed by atoms with E-state index < -0.39 is 0 Å². The lowest BCUT2D eigenvalue weighted by atomic mass is 10.1. The number of allylic oxidation sites excluding steroid dienone is 1. The van der Waals surface area contributed by atoms with Gasteiger partial charge < -0.3 is 9.47 Å². The highest BCUT2D eigenvalue weighted by Gasteiger charge is 2.30. The Balaban J connectivity index is 1.93. The second-order valence-corrected chi connectivity index (χ2v) is 6.57. The smallest absolute Gasteiger partial charge is 0.313 e. The Morgan fingerprint density at radius 2 is 2.00 bits per heavy atom. The Morgan fingerprint density at radius 3 is 2.68 bits per heavy atom. The van der Waals surface area contributed by atoms with Crippen LogP contribution in [0.15, 0.2) is 42.2 Å². The fraction of sp³-hybridized carbons (Fsp3) is 0.200. The van der Waals surface area contributed by atoms with Crippen molar-refractivity contribution in [2.24, 2.45) is 5.92 Å². The van der Waals surface area contributed by atoms with E-state index in [1.54, 1.807) is 57.2 Å². The van der Waals surface area contributed by atoms with Crippen LogP contribution >= 0.6 is 11.6 Å². The van der Waals surface area contributed by atoms with E-state index >= 15 is 0 Å². The normalized spacial score (nSPS) is 14.6. The summed E-state index contributed by atoms with van der Waals surface area (Å²) < 4.78 is 11.1. The Hall–Kier alpha value is -2.59. The fourth-order valence-corrected chi connectivity index (χ4v) is 2.65. The van der Waals surface area contributed by atoms with Crippen molar-refractivity contribution in [1.29, 1.82) is 0 Å². The van der Waals surface area contributed by atoms with Crippen LogP contribution in [0.5, 0.6) is 11.5 Å². The number of ether oxygens (including phenoxy) is 2. The largest absolute Gasteiger partial charge is 0.452 e. The van der Waals surface area contributed by atoms with Crippen molar-refractivity contribution in [1.82, 2.24) is 0 Å². The predicted octanol–water partition coefficient (Wildman–Crippen LogP) is 4.83. The first kappa shape index (κ1) is 17.2. The lowest BCUT2D eigenvalue weighted by Crippen LogP contribution is -2.15. The van der Waals surface area contributed by atoms with Gasteiger partial charge in [0.2, 0.25) is 5.78 Å². The molecule has 0 aliphatic carbocycles. The van der Waals surface area contributed by atoms with Crippen molar-refractivity contribution >= 4 is 29.4 Å². The molecule has 2 aromatic rings. The lowest BCUT2D eigenvalue weighted by molar-refractivity contribution is -0.137. The maximum absolute atomic E-state index is 12.5. The molecule has 0 N–H and O–H groups in total. The van der Waals surface area contributed by atoms with Crippen molar-refractivity contribution in [3.05, 3.63) is 63.9 Å². The third-order valence-corrected chi connectivity index (χ3v) is 4.10. The molecular weight excluding hydrogens is 340 g/mol. The van der Waals surface area contributed by atoms with Crippen LogP contribution in [0.25, 0.3) is 6.08 Å². The number of hydrogen-bond acceptors (Lipinski definition) is 4. The summed E-state index contributed by atoms with van der Waals surface area (Å²) in [6, 6.07) is 10.4. The molecule has 1 aliphatic rings. The summed E-state index contributed by atoms with van der Waals surface area (Å²) in [6.07, 6.45) is 1.65. The van der Waals surface area contributed by atoms with Crippen molar-refractivity contribution in [2.45, 2.75) is 20.8 Å². The number of Topliss-reactive ketones (excluding diaryl/α,β-unsaturated/α-hetero) is 1. The van der Waals surface area contributed by atoms with Gasteiger partial charge >= 0.3 is 5.97 Å². The van der Waals surface area contributed by atoms with Gasteiger partial charge in [0.25, 0.3) is 0 Å². The van der Waals surface area contributed by atoms with E-state index in [2.05, 4.69) is 0 Å². The van der Waals surface area contributed by atoms with Crippen molar-refractivity contribution in [3.63, 3.8) is 0 Å². The molecule has 3 rings (SSSR count). The minimum Gasteiger partial charge on any atom is -0.452 e. The molecule has 0 atom stereocenters. The van der Waals surface area contributed by atoms with E-state index in [4.69, 9.17) is 21.1 Å². The second-order valence-electron chi connectivity index (χ2n) is 6.14. The number of fused-ring (bicyclic) bond motifs is 1. The number of esters is 1. The fourth-order valence-electron chi connectivity index (χ4n) is 2.45. The zero-order chi connectivity index (χ0) is 18.1. The summed E-state index contributed by atoms with van der Waals surface area (Å²) in [7, 11) is 0. The standard InChI is InChI=1S/C20H17ClO4/c1-11(2)20(23)25-16-8-7-15-18(22)17(24-19(15)12(16)3)10-13-5-4-6-14(21)9-13/h4-11H,1-3H3/b17-10-. The molecule has 0 bridgehead atoms. The van der Waals surface area contributed by atoms with Crippen LogP contribution in [0.3, 0.4) is 0 Å². The molecule has 1 aliphatic heterocycles. The second kappa shape index (κ2) is 6.73. The summed E-state index contributed by atoms with van der Waals surface area (Å²) in [5.74, 6) is 0.254. The molecule has 0 fully saturated rings. The Morgan fingerprint density at radius 1 is 1.24 bits per heavy atom. The summed E-state index contributed by atoms with van der Waals surface area (Å²) in [4.78, 5) is 24.4. The predicted molar refractivity (Wildman–Crippen MR) is 96.0 cm³/mol. The summed E-state index contributed by atoms with van der Waals surface area (Å²) >= 11 is 5.97. The molecule has 0 radical (unpaired) electrons. The van der Waals surface area contributed by atoms with Gasteiger partial charge in [-0.3, -0.25) is 9.59 Å². The molecule has 0 amide bonds. The monoisotopic (exact) mass is 356 g/mol. The lowest BCUT2D eigenvalue weighted by Gasteiger charge is -2.11. The zero-order valence-electron chi connectivity index (χ0n) is 14.1. The van der Waals surface area contributed by atoms with E-state index in [0.29, 0.717) is 27.6 Å².